The smallest absolute Gasteiger partial charge is 0.183 e. The fourth-order valence-electron chi connectivity index (χ4n) is 2.96. The Hall–Kier alpha value is -1.59. The van der Waals surface area contributed by atoms with Crippen LogP contribution >= 0.6 is 11.3 Å². The summed E-state index contributed by atoms with van der Waals surface area (Å²) in [5, 5.41) is 6.50. The van der Waals surface area contributed by atoms with Gasteiger partial charge in [0.1, 0.15) is 0 Å². The number of aromatic nitrogens is 2. The molecule has 0 saturated carbocycles. The first-order valence-corrected chi connectivity index (χ1v) is 8.66. The van der Waals surface area contributed by atoms with Crippen LogP contribution in [0.2, 0.25) is 0 Å². The number of aryl methyl sites for hydroxylation is 1. The van der Waals surface area contributed by atoms with E-state index in [1.54, 1.807) is 11.3 Å². The predicted molar refractivity (Wildman–Crippen MR) is 92.7 cm³/mol. The molecule has 2 aromatic rings. The highest BCUT2D eigenvalue weighted by Gasteiger charge is 2.16. The predicted octanol–water partition coefficient (Wildman–Crippen LogP) is 4.01. The van der Waals surface area contributed by atoms with Gasteiger partial charge >= 0.3 is 0 Å². The lowest BCUT2D eigenvalue weighted by atomic mass is 10.2. The van der Waals surface area contributed by atoms with Gasteiger partial charge in [0.2, 0.25) is 0 Å². The van der Waals surface area contributed by atoms with Gasteiger partial charge in [0.05, 0.1) is 11.8 Å². The van der Waals surface area contributed by atoms with Gasteiger partial charge < -0.3 is 14.6 Å². The number of ether oxygens (including phenoxy) is 1. The van der Waals surface area contributed by atoms with Crippen LogP contribution in [0.3, 0.4) is 0 Å². The summed E-state index contributed by atoms with van der Waals surface area (Å²) in [6.45, 7) is 10.7. The topological polar surface area (TPSA) is 39.1 Å². The molecular weight excluding hydrogens is 294 g/mol. The number of thiazole rings is 1. The molecule has 118 valence electrons. The highest BCUT2D eigenvalue weighted by molar-refractivity contribution is 7.14. The van der Waals surface area contributed by atoms with Gasteiger partial charge in [0.25, 0.3) is 0 Å². The van der Waals surface area contributed by atoms with E-state index in [0.717, 1.165) is 36.9 Å². The summed E-state index contributed by atoms with van der Waals surface area (Å²) in [7, 11) is 0. The molecule has 1 aliphatic rings. The van der Waals surface area contributed by atoms with Gasteiger partial charge in [0.15, 0.2) is 5.13 Å². The van der Waals surface area contributed by atoms with E-state index in [0.29, 0.717) is 6.10 Å². The Morgan fingerprint density at radius 2 is 2.41 bits per heavy atom. The standard InChI is InChI=1S/C17H23N3OS/c1-4-7-20-12(2)9-15(13(20)3)16-11-22-17(19-16)18-10-14-6-5-8-21-14/h4,9,11,14H,1,5-8,10H2,2-3H3,(H,18,19)/t14-/m1/s1. The molecule has 2 aromatic heterocycles. The van der Waals surface area contributed by atoms with Crippen LogP contribution in [-0.4, -0.2) is 28.8 Å². The second kappa shape index (κ2) is 6.67. The van der Waals surface area contributed by atoms with Gasteiger partial charge in [-0.25, -0.2) is 4.98 Å². The van der Waals surface area contributed by atoms with Gasteiger partial charge in [-0.15, -0.1) is 17.9 Å². The van der Waals surface area contributed by atoms with E-state index in [1.165, 1.54) is 23.4 Å². The molecular formula is C17H23N3OS. The maximum Gasteiger partial charge on any atom is 0.183 e. The summed E-state index contributed by atoms with van der Waals surface area (Å²) in [5.74, 6) is 0. The van der Waals surface area contributed by atoms with E-state index < -0.39 is 0 Å². The van der Waals surface area contributed by atoms with Crippen molar-refractivity contribution in [1.29, 1.82) is 0 Å². The van der Waals surface area contributed by atoms with E-state index in [-0.39, 0.29) is 0 Å². The average Bonchev–Trinajstić information content (AvgIpc) is 3.22. The molecule has 3 rings (SSSR count). The van der Waals surface area contributed by atoms with E-state index in [2.05, 4.69) is 41.8 Å². The molecule has 0 amide bonds. The van der Waals surface area contributed by atoms with Crippen molar-refractivity contribution in [1.82, 2.24) is 9.55 Å². The SMILES string of the molecule is C=CCn1c(C)cc(-c2csc(NC[C@H]3CCCO3)n2)c1C. The van der Waals surface area contributed by atoms with Gasteiger partial charge in [-0.2, -0.15) is 0 Å². The zero-order valence-corrected chi connectivity index (χ0v) is 14.1. The molecule has 0 spiro atoms. The van der Waals surface area contributed by atoms with Crippen molar-refractivity contribution in [3.05, 3.63) is 35.5 Å². The molecule has 1 saturated heterocycles. The van der Waals surface area contributed by atoms with Crippen LogP contribution in [0.4, 0.5) is 5.13 Å². The fourth-order valence-corrected chi connectivity index (χ4v) is 3.68. The number of nitrogens with zero attached hydrogens (tertiary/aromatic N) is 2. The molecule has 3 heterocycles. The Balaban J connectivity index is 1.73. The summed E-state index contributed by atoms with van der Waals surface area (Å²) < 4.78 is 7.90. The number of rotatable bonds is 6. The fraction of sp³-hybridized carbons (Fsp3) is 0.471. The Bertz CT molecular complexity index is 653. The highest BCUT2D eigenvalue weighted by Crippen LogP contribution is 2.30. The molecule has 0 radical (unpaired) electrons. The number of anilines is 1. The minimum atomic E-state index is 0.338. The molecule has 1 fully saturated rings. The van der Waals surface area contributed by atoms with Crippen molar-refractivity contribution in [2.75, 3.05) is 18.5 Å². The molecule has 0 aromatic carbocycles. The Kier molecular flexibility index (Phi) is 4.64. The van der Waals surface area contributed by atoms with Crippen molar-refractivity contribution in [2.45, 2.75) is 39.3 Å². The van der Waals surface area contributed by atoms with Crippen molar-refractivity contribution in [3.63, 3.8) is 0 Å². The third-order valence-corrected chi connectivity index (χ3v) is 4.97. The molecule has 4 nitrogen and oxygen atoms in total. The minimum Gasteiger partial charge on any atom is -0.376 e. The van der Waals surface area contributed by atoms with Gasteiger partial charge in [-0.1, -0.05) is 6.08 Å². The lowest BCUT2D eigenvalue weighted by Crippen LogP contribution is -2.18. The molecule has 0 bridgehead atoms. The molecule has 5 heteroatoms. The lowest BCUT2D eigenvalue weighted by molar-refractivity contribution is 0.120. The van der Waals surface area contributed by atoms with Gasteiger partial charge in [-0.3, -0.25) is 0 Å². The van der Waals surface area contributed by atoms with E-state index in [9.17, 15) is 0 Å². The lowest BCUT2D eigenvalue weighted by Gasteiger charge is -2.09. The van der Waals surface area contributed by atoms with Crippen molar-refractivity contribution in [2.24, 2.45) is 0 Å². The van der Waals surface area contributed by atoms with Gasteiger partial charge in [0, 0.05) is 42.0 Å². The summed E-state index contributed by atoms with van der Waals surface area (Å²) in [6.07, 6.45) is 4.59. The molecule has 22 heavy (non-hydrogen) atoms. The minimum absolute atomic E-state index is 0.338. The second-order valence-corrected chi connectivity index (χ2v) is 6.60. The normalized spacial score (nSPS) is 17.8. The summed E-state index contributed by atoms with van der Waals surface area (Å²) >= 11 is 1.66. The first-order valence-electron chi connectivity index (χ1n) is 7.78. The van der Waals surface area contributed by atoms with E-state index in [1.807, 2.05) is 6.08 Å². The maximum absolute atomic E-state index is 5.63. The third kappa shape index (κ3) is 3.10. The van der Waals surface area contributed by atoms with Crippen LogP contribution in [0.25, 0.3) is 11.3 Å². The zero-order valence-electron chi connectivity index (χ0n) is 13.3. The van der Waals surface area contributed by atoms with Gasteiger partial charge in [-0.05, 0) is 32.8 Å². The Labute approximate surface area is 135 Å². The number of hydrogen-bond donors (Lipinski definition) is 1. The van der Waals surface area contributed by atoms with Crippen LogP contribution in [0.15, 0.2) is 24.1 Å². The Morgan fingerprint density at radius 1 is 1.55 bits per heavy atom. The molecule has 0 aliphatic carbocycles. The summed E-state index contributed by atoms with van der Waals surface area (Å²) in [6, 6.07) is 2.21. The van der Waals surface area contributed by atoms with Crippen LogP contribution < -0.4 is 5.32 Å². The van der Waals surface area contributed by atoms with E-state index >= 15 is 0 Å². The monoisotopic (exact) mass is 317 g/mol. The van der Waals surface area contributed by atoms with E-state index in [4.69, 9.17) is 9.72 Å². The first kappa shape index (κ1) is 15.3. The van der Waals surface area contributed by atoms with Crippen molar-refractivity contribution in [3.8, 4) is 11.3 Å². The number of allylic oxidation sites excluding steroid dienone is 1. The molecule has 1 N–H and O–H groups in total. The largest absolute Gasteiger partial charge is 0.376 e. The molecule has 1 atom stereocenters. The molecule has 0 unspecified atom stereocenters. The van der Waals surface area contributed by atoms with Crippen molar-refractivity contribution >= 4 is 16.5 Å². The first-order chi connectivity index (χ1) is 10.7. The number of nitrogens with one attached hydrogen (secondary N) is 1. The summed E-state index contributed by atoms with van der Waals surface area (Å²) in [4.78, 5) is 4.73. The molecule has 1 aliphatic heterocycles. The second-order valence-electron chi connectivity index (χ2n) is 5.74. The van der Waals surface area contributed by atoms with Crippen molar-refractivity contribution < 1.29 is 4.74 Å². The van der Waals surface area contributed by atoms with Crippen LogP contribution in [0.1, 0.15) is 24.2 Å². The average molecular weight is 317 g/mol. The number of hydrogen-bond acceptors (Lipinski definition) is 4. The zero-order chi connectivity index (χ0) is 15.5. The highest BCUT2D eigenvalue weighted by atomic mass is 32.1. The van der Waals surface area contributed by atoms with Crippen LogP contribution in [0.5, 0.6) is 0 Å². The maximum atomic E-state index is 5.63. The summed E-state index contributed by atoms with van der Waals surface area (Å²) in [5.41, 5.74) is 4.74. The van der Waals surface area contributed by atoms with Crippen LogP contribution in [0, 0.1) is 13.8 Å². The third-order valence-electron chi connectivity index (χ3n) is 4.17. The van der Waals surface area contributed by atoms with Crippen LogP contribution in [-0.2, 0) is 11.3 Å². The quantitative estimate of drug-likeness (QED) is 0.818. The Morgan fingerprint density at radius 3 is 3.14 bits per heavy atom.